The van der Waals surface area contributed by atoms with Crippen LogP contribution in [0, 0.1) is 16.7 Å². The van der Waals surface area contributed by atoms with Crippen LogP contribution in [-0.4, -0.2) is 16.8 Å². The molecule has 3 aliphatic rings. The van der Waals surface area contributed by atoms with E-state index in [1.807, 2.05) is 0 Å². The van der Waals surface area contributed by atoms with Crippen LogP contribution in [0.1, 0.15) is 101 Å². The van der Waals surface area contributed by atoms with Crippen molar-refractivity contribution in [2.45, 2.75) is 113 Å². The van der Waals surface area contributed by atoms with Gasteiger partial charge in [0, 0.05) is 12.3 Å². The van der Waals surface area contributed by atoms with Gasteiger partial charge in [0.1, 0.15) is 11.4 Å². The molecule has 3 atom stereocenters. The van der Waals surface area contributed by atoms with Crippen LogP contribution in [0.25, 0.3) is 0 Å². The average molecular weight is 569 g/mol. The SMILES string of the molecule is CC1=C(/C=C/C(C)=C/C=C/C(C)=C/C=C/C=C(C)/C=C/C=C(\C)C2=CC3C(C)(C)C[C@@H](O)CC3(C)O2)C(C)(C)CCC1. The summed E-state index contributed by atoms with van der Waals surface area (Å²) < 4.78 is 6.42. The van der Waals surface area contributed by atoms with Gasteiger partial charge in [-0.25, -0.2) is 0 Å². The van der Waals surface area contributed by atoms with Gasteiger partial charge in [0.25, 0.3) is 0 Å². The minimum atomic E-state index is -0.327. The monoisotopic (exact) mass is 568 g/mol. The van der Waals surface area contributed by atoms with Crippen molar-refractivity contribution >= 4 is 0 Å². The number of fused-ring (bicyclic) bond motifs is 1. The number of hydrogen-bond acceptors (Lipinski definition) is 2. The zero-order chi connectivity index (χ0) is 31.1. The Morgan fingerprint density at radius 2 is 1.38 bits per heavy atom. The zero-order valence-electron chi connectivity index (χ0n) is 28.1. The topological polar surface area (TPSA) is 29.5 Å². The van der Waals surface area contributed by atoms with Crippen LogP contribution >= 0.6 is 0 Å². The summed E-state index contributed by atoms with van der Waals surface area (Å²) in [5.41, 5.74) is 7.79. The lowest BCUT2D eigenvalue weighted by Crippen LogP contribution is -2.49. The molecule has 0 aromatic rings. The molecule has 2 aliphatic carbocycles. The molecular formula is C40H56O2. The molecule has 0 saturated heterocycles. The van der Waals surface area contributed by atoms with E-state index in [4.69, 9.17) is 4.74 Å². The summed E-state index contributed by atoms with van der Waals surface area (Å²) in [6.45, 7) is 22.1. The number of aliphatic hydroxyl groups excluding tert-OH is 1. The van der Waals surface area contributed by atoms with Crippen molar-refractivity contribution in [3.63, 3.8) is 0 Å². The lowest BCUT2D eigenvalue weighted by molar-refractivity contribution is -0.104. The van der Waals surface area contributed by atoms with E-state index in [0.29, 0.717) is 12.3 Å². The van der Waals surface area contributed by atoms with E-state index in [1.54, 1.807) is 0 Å². The van der Waals surface area contributed by atoms with Crippen LogP contribution in [0.3, 0.4) is 0 Å². The molecule has 0 aromatic heterocycles. The molecular weight excluding hydrogens is 512 g/mol. The third kappa shape index (κ3) is 9.08. The maximum absolute atomic E-state index is 10.4. The van der Waals surface area contributed by atoms with Crippen LogP contribution in [0.5, 0.6) is 0 Å². The first-order valence-electron chi connectivity index (χ1n) is 15.8. The van der Waals surface area contributed by atoms with Gasteiger partial charge in [-0.05, 0) is 95.3 Å². The molecule has 2 nitrogen and oxygen atoms in total. The van der Waals surface area contributed by atoms with Crippen LogP contribution < -0.4 is 0 Å². The lowest BCUT2D eigenvalue weighted by Gasteiger charge is -2.47. The minimum Gasteiger partial charge on any atom is -0.487 e. The van der Waals surface area contributed by atoms with Gasteiger partial charge in [-0.2, -0.15) is 0 Å². The summed E-state index contributed by atoms with van der Waals surface area (Å²) in [7, 11) is 0. The molecule has 3 rings (SSSR count). The molecule has 1 N–H and O–H groups in total. The van der Waals surface area contributed by atoms with Gasteiger partial charge < -0.3 is 9.84 Å². The van der Waals surface area contributed by atoms with Gasteiger partial charge in [0.05, 0.1) is 6.10 Å². The maximum atomic E-state index is 10.4. The van der Waals surface area contributed by atoms with Crippen molar-refractivity contribution in [3.8, 4) is 0 Å². The van der Waals surface area contributed by atoms with Crippen LogP contribution in [0.4, 0.5) is 0 Å². The maximum Gasteiger partial charge on any atom is 0.119 e. The fraction of sp³-hybridized carbons (Fsp3) is 0.500. The summed E-state index contributed by atoms with van der Waals surface area (Å²) in [5.74, 6) is 1.26. The Labute approximate surface area is 257 Å². The van der Waals surface area contributed by atoms with E-state index in [0.717, 1.165) is 17.8 Å². The zero-order valence-corrected chi connectivity index (χ0v) is 28.1. The second-order valence-corrected chi connectivity index (χ2v) is 14.4. The van der Waals surface area contributed by atoms with Gasteiger partial charge in [0.2, 0.25) is 0 Å². The highest BCUT2D eigenvalue weighted by Crippen LogP contribution is 2.53. The smallest absolute Gasteiger partial charge is 0.119 e. The Morgan fingerprint density at radius 1 is 0.810 bits per heavy atom. The quantitative estimate of drug-likeness (QED) is 0.280. The summed E-state index contributed by atoms with van der Waals surface area (Å²) in [6.07, 6.45) is 33.1. The first kappa shape index (κ1) is 33.7. The van der Waals surface area contributed by atoms with E-state index < -0.39 is 0 Å². The average Bonchev–Trinajstić information content (AvgIpc) is 3.23. The van der Waals surface area contributed by atoms with Crippen molar-refractivity contribution in [1.29, 1.82) is 0 Å². The minimum absolute atomic E-state index is 0.0226. The molecule has 1 heterocycles. The Morgan fingerprint density at radius 3 is 2.00 bits per heavy atom. The van der Waals surface area contributed by atoms with Crippen molar-refractivity contribution in [2.75, 3.05) is 0 Å². The number of allylic oxidation sites excluding steroid dienone is 18. The molecule has 2 unspecified atom stereocenters. The first-order valence-corrected chi connectivity index (χ1v) is 15.8. The van der Waals surface area contributed by atoms with Gasteiger partial charge in [-0.3, -0.25) is 0 Å². The van der Waals surface area contributed by atoms with Crippen LogP contribution in [0.15, 0.2) is 118 Å². The fourth-order valence-corrected chi connectivity index (χ4v) is 6.97. The Kier molecular flexibility index (Phi) is 11.3. The van der Waals surface area contributed by atoms with Crippen molar-refractivity contribution < 1.29 is 9.84 Å². The number of ether oxygens (including phenoxy) is 1. The highest BCUT2D eigenvalue weighted by molar-refractivity contribution is 5.38. The van der Waals surface area contributed by atoms with Gasteiger partial charge >= 0.3 is 0 Å². The Balaban J connectivity index is 1.52. The molecule has 228 valence electrons. The molecule has 0 aromatic carbocycles. The number of rotatable bonds is 9. The third-order valence-corrected chi connectivity index (χ3v) is 9.26. The molecule has 0 radical (unpaired) electrons. The molecule has 1 aliphatic heterocycles. The van der Waals surface area contributed by atoms with E-state index in [2.05, 4.69) is 148 Å². The second kappa shape index (κ2) is 14.1. The Bertz CT molecular complexity index is 1290. The summed E-state index contributed by atoms with van der Waals surface area (Å²) in [4.78, 5) is 0. The summed E-state index contributed by atoms with van der Waals surface area (Å²) in [5, 5.41) is 10.4. The van der Waals surface area contributed by atoms with E-state index in [9.17, 15) is 5.11 Å². The molecule has 2 heteroatoms. The van der Waals surface area contributed by atoms with Crippen molar-refractivity contribution in [2.24, 2.45) is 16.7 Å². The van der Waals surface area contributed by atoms with Crippen molar-refractivity contribution in [1.82, 2.24) is 0 Å². The highest BCUT2D eigenvalue weighted by Gasteiger charge is 2.53. The predicted molar refractivity (Wildman–Crippen MR) is 182 cm³/mol. The third-order valence-electron chi connectivity index (χ3n) is 9.26. The fourth-order valence-electron chi connectivity index (χ4n) is 6.97. The second-order valence-electron chi connectivity index (χ2n) is 14.4. The molecule has 42 heavy (non-hydrogen) atoms. The van der Waals surface area contributed by atoms with Crippen molar-refractivity contribution in [3.05, 3.63) is 118 Å². The van der Waals surface area contributed by atoms with Gasteiger partial charge in [-0.1, -0.05) is 123 Å². The Hall–Kier alpha value is -2.84. The number of aliphatic hydroxyl groups is 1. The summed E-state index contributed by atoms with van der Waals surface area (Å²) >= 11 is 0. The van der Waals surface area contributed by atoms with Crippen LogP contribution in [0.2, 0.25) is 0 Å². The largest absolute Gasteiger partial charge is 0.487 e. The standard InChI is InChI=1S/C40H56O2/c1-29(18-13-19-31(3)23-24-35-32(4)22-15-25-38(35,6)7)16-11-12-17-30(2)20-14-21-33(5)36-26-37-39(8,9)27-34(41)28-40(37,10)42-36/h11-14,16-21,23-24,26,34,37,41H,15,22,25,27-28H2,1-10H3/b12-11+,18-13+,20-14+,24-23+,29-16+,30-17+,31-19+,33-21+/t34-,37?,40?/m1/s1. The van der Waals surface area contributed by atoms with Crippen LogP contribution in [-0.2, 0) is 4.74 Å². The first-order chi connectivity index (χ1) is 19.6. The van der Waals surface area contributed by atoms with E-state index in [1.165, 1.54) is 47.1 Å². The van der Waals surface area contributed by atoms with E-state index >= 15 is 0 Å². The van der Waals surface area contributed by atoms with E-state index in [-0.39, 0.29) is 22.5 Å². The molecule has 0 amide bonds. The van der Waals surface area contributed by atoms with Gasteiger partial charge in [-0.15, -0.1) is 0 Å². The summed E-state index contributed by atoms with van der Waals surface area (Å²) in [6, 6.07) is 0. The normalized spacial score (nSPS) is 29.3. The number of hydrogen-bond donors (Lipinski definition) is 1. The molecule has 1 saturated carbocycles. The highest BCUT2D eigenvalue weighted by atomic mass is 16.5. The molecule has 1 fully saturated rings. The molecule has 0 bridgehead atoms. The van der Waals surface area contributed by atoms with Gasteiger partial charge in [0.15, 0.2) is 0 Å². The molecule has 0 spiro atoms. The lowest BCUT2D eigenvalue weighted by atomic mass is 9.61. The predicted octanol–water partition coefficient (Wildman–Crippen LogP) is 11.0.